The highest BCUT2D eigenvalue weighted by Crippen LogP contribution is 2.22. The number of nitriles is 1. The van der Waals surface area contributed by atoms with Gasteiger partial charge < -0.3 is 15.8 Å². The van der Waals surface area contributed by atoms with Gasteiger partial charge in [0.2, 0.25) is 0 Å². The smallest absolute Gasteiger partial charge is 0.332 e. The number of nitrogens with one attached hydrogen (secondary N) is 1. The van der Waals surface area contributed by atoms with E-state index in [1.165, 1.54) is 18.2 Å². The normalized spacial score (nSPS) is 11.3. The zero-order valence-corrected chi connectivity index (χ0v) is 10.9. The topological polar surface area (TPSA) is 105 Å². The molecule has 1 aromatic carbocycles. The summed E-state index contributed by atoms with van der Waals surface area (Å²) in [5.74, 6) is -1.55. The maximum atomic E-state index is 11.7. The largest absolute Gasteiger partial charge is 0.464 e. The summed E-state index contributed by atoms with van der Waals surface area (Å²) in [6.45, 7) is 1.75. The van der Waals surface area contributed by atoms with Gasteiger partial charge in [0.1, 0.15) is 0 Å². The number of nitrogens with zero attached hydrogens (tertiary/aromatic N) is 1. The van der Waals surface area contributed by atoms with Crippen LogP contribution in [0.25, 0.3) is 0 Å². The predicted octanol–water partition coefficient (Wildman–Crippen LogP) is 1.04. The molecule has 1 rings (SSSR count). The molecule has 6 nitrogen and oxygen atoms in total. The molecule has 0 fully saturated rings. The minimum absolute atomic E-state index is 0.136. The monoisotopic (exact) mass is 281 g/mol. The molecule has 1 aromatic rings. The molecule has 0 aliphatic carbocycles. The number of hydrogen-bond acceptors (Lipinski definition) is 5. The molecule has 100 valence electrons. The number of carbonyl (C=O) groups excluding carboxylic acids is 2. The lowest BCUT2D eigenvalue weighted by atomic mass is 10.2. The molecule has 0 saturated carbocycles. The Balaban J connectivity index is 2.77. The SMILES string of the molecule is CCOC(=O)C(N)C(=O)Nc1ccc(C#N)cc1Cl. The average Bonchev–Trinajstić information content (AvgIpc) is 2.40. The molecule has 0 aliphatic heterocycles. The number of halogens is 1. The second-order valence-corrected chi connectivity index (χ2v) is 3.93. The molecule has 0 saturated heterocycles. The molecule has 3 N–H and O–H groups in total. The fourth-order valence-electron chi connectivity index (χ4n) is 1.24. The number of rotatable bonds is 4. The van der Waals surface area contributed by atoms with E-state index in [0.717, 1.165) is 0 Å². The van der Waals surface area contributed by atoms with E-state index in [0.29, 0.717) is 5.56 Å². The van der Waals surface area contributed by atoms with Gasteiger partial charge in [-0.05, 0) is 25.1 Å². The summed E-state index contributed by atoms with van der Waals surface area (Å²) in [4.78, 5) is 23.0. The van der Waals surface area contributed by atoms with Crippen LogP contribution in [0.3, 0.4) is 0 Å². The Labute approximate surface area is 115 Å². The maximum absolute atomic E-state index is 11.7. The van der Waals surface area contributed by atoms with Crippen molar-refractivity contribution in [2.75, 3.05) is 11.9 Å². The Morgan fingerprint density at radius 2 is 2.26 bits per heavy atom. The summed E-state index contributed by atoms with van der Waals surface area (Å²) in [5.41, 5.74) is 6.05. The van der Waals surface area contributed by atoms with Crippen molar-refractivity contribution in [3.63, 3.8) is 0 Å². The Morgan fingerprint density at radius 1 is 1.58 bits per heavy atom. The standard InChI is InChI=1S/C12H12ClN3O3/c1-2-19-12(18)10(15)11(17)16-9-4-3-7(6-14)5-8(9)13/h3-5,10H,2,15H2,1H3,(H,16,17). The summed E-state index contributed by atoms with van der Waals surface area (Å²) >= 11 is 5.87. The number of nitrogens with two attached hydrogens (primary N) is 1. The second-order valence-electron chi connectivity index (χ2n) is 3.53. The first kappa shape index (κ1) is 15.0. The summed E-state index contributed by atoms with van der Waals surface area (Å²) in [7, 11) is 0. The molecule has 19 heavy (non-hydrogen) atoms. The van der Waals surface area contributed by atoms with Crippen LogP contribution in [0.15, 0.2) is 18.2 Å². The molecule has 0 aliphatic rings. The van der Waals surface area contributed by atoms with Crippen molar-refractivity contribution in [1.29, 1.82) is 5.26 Å². The highest BCUT2D eigenvalue weighted by atomic mass is 35.5. The van der Waals surface area contributed by atoms with Crippen molar-refractivity contribution < 1.29 is 14.3 Å². The van der Waals surface area contributed by atoms with Crippen LogP contribution in [0, 0.1) is 11.3 Å². The minimum Gasteiger partial charge on any atom is -0.464 e. The molecule has 1 amide bonds. The van der Waals surface area contributed by atoms with Gasteiger partial charge >= 0.3 is 5.97 Å². The molecular weight excluding hydrogens is 270 g/mol. The molecule has 0 radical (unpaired) electrons. The first-order valence-electron chi connectivity index (χ1n) is 5.42. The van der Waals surface area contributed by atoms with Crippen LogP contribution >= 0.6 is 11.6 Å². The fourth-order valence-corrected chi connectivity index (χ4v) is 1.46. The van der Waals surface area contributed by atoms with Crippen LogP contribution in [-0.4, -0.2) is 24.5 Å². The van der Waals surface area contributed by atoms with Crippen molar-refractivity contribution in [1.82, 2.24) is 0 Å². The quantitative estimate of drug-likeness (QED) is 0.634. The summed E-state index contributed by atoms with van der Waals surface area (Å²) in [6, 6.07) is 4.82. The van der Waals surface area contributed by atoms with Crippen molar-refractivity contribution in [2.24, 2.45) is 5.73 Å². The van der Waals surface area contributed by atoms with Gasteiger partial charge in [-0.2, -0.15) is 5.26 Å². The van der Waals surface area contributed by atoms with E-state index in [1.807, 2.05) is 6.07 Å². The van der Waals surface area contributed by atoms with E-state index in [9.17, 15) is 9.59 Å². The third-order valence-corrected chi connectivity index (χ3v) is 2.49. The Bertz CT molecular complexity index is 540. The third kappa shape index (κ3) is 3.95. The highest BCUT2D eigenvalue weighted by Gasteiger charge is 2.23. The van der Waals surface area contributed by atoms with E-state index >= 15 is 0 Å². The summed E-state index contributed by atoms with van der Waals surface area (Å²) in [6.07, 6.45) is 0. The van der Waals surface area contributed by atoms with Gasteiger partial charge in [0.05, 0.1) is 28.9 Å². The Morgan fingerprint density at radius 3 is 2.79 bits per heavy atom. The lowest BCUT2D eigenvalue weighted by molar-refractivity contribution is -0.146. The molecule has 1 atom stereocenters. The van der Waals surface area contributed by atoms with Crippen LogP contribution in [-0.2, 0) is 14.3 Å². The first-order valence-corrected chi connectivity index (χ1v) is 5.80. The van der Waals surface area contributed by atoms with E-state index in [2.05, 4.69) is 10.1 Å². The highest BCUT2D eigenvalue weighted by molar-refractivity contribution is 6.34. The Kier molecular flexibility index (Phi) is 5.30. The van der Waals surface area contributed by atoms with Crippen molar-refractivity contribution in [2.45, 2.75) is 13.0 Å². The van der Waals surface area contributed by atoms with E-state index in [1.54, 1.807) is 6.92 Å². The average molecular weight is 282 g/mol. The fraction of sp³-hybridized carbons (Fsp3) is 0.250. The number of anilines is 1. The predicted molar refractivity (Wildman–Crippen MR) is 69.4 cm³/mol. The number of esters is 1. The van der Waals surface area contributed by atoms with Gasteiger partial charge in [0, 0.05) is 0 Å². The summed E-state index contributed by atoms with van der Waals surface area (Å²) < 4.78 is 4.63. The van der Waals surface area contributed by atoms with Crippen LogP contribution in [0.2, 0.25) is 5.02 Å². The second kappa shape index (κ2) is 6.73. The van der Waals surface area contributed by atoms with Crippen LogP contribution in [0.5, 0.6) is 0 Å². The molecule has 0 bridgehead atoms. The zero-order valence-electron chi connectivity index (χ0n) is 10.1. The molecule has 0 aromatic heterocycles. The van der Waals surface area contributed by atoms with Gasteiger partial charge in [-0.25, -0.2) is 4.79 Å². The molecule has 0 spiro atoms. The van der Waals surface area contributed by atoms with Crippen molar-refractivity contribution in [3.8, 4) is 6.07 Å². The number of carbonyl (C=O) groups is 2. The third-order valence-electron chi connectivity index (χ3n) is 2.18. The van der Waals surface area contributed by atoms with E-state index in [-0.39, 0.29) is 17.3 Å². The molecular formula is C12H12ClN3O3. The number of hydrogen-bond donors (Lipinski definition) is 2. The van der Waals surface area contributed by atoms with Gasteiger partial charge in [-0.1, -0.05) is 11.6 Å². The molecule has 0 heterocycles. The summed E-state index contributed by atoms with van der Waals surface area (Å²) in [5, 5.41) is 11.3. The zero-order chi connectivity index (χ0) is 14.4. The van der Waals surface area contributed by atoms with Gasteiger partial charge in [-0.3, -0.25) is 4.79 Å². The maximum Gasteiger partial charge on any atom is 0.332 e. The van der Waals surface area contributed by atoms with Gasteiger partial charge in [0.15, 0.2) is 6.04 Å². The number of benzene rings is 1. The number of ether oxygens (including phenoxy) is 1. The molecule has 7 heteroatoms. The van der Waals surface area contributed by atoms with Crippen molar-refractivity contribution >= 4 is 29.2 Å². The van der Waals surface area contributed by atoms with Crippen LogP contribution < -0.4 is 11.1 Å². The van der Waals surface area contributed by atoms with E-state index < -0.39 is 17.9 Å². The Hall–Kier alpha value is -2.10. The molecule has 1 unspecified atom stereocenters. The lowest BCUT2D eigenvalue weighted by Gasteiger charge is -2.12. The van der Waals surface area contributed by atoms with Crippen LogP contribution in [0.1, 0.15) is 12.5 Å². The minimum atomic E-state index is -1.42. The van der Waals surface area contributed by atoms with Gasteiger partial charge in [-0.15, -0.1) is 0 Å². The van der Waals surface area contributed by atoms with Gasteiger partial charge in [0.25, 0.3) is 5.91 Å². The van der Waals surface area contributed by atoms with E-state index in [4.69, 9.17) is 22.6 Å². The lowest BCUT2D eigenvalue weighted by Crippen LogP contribution is -2.43. The first-order chi connectivity index (χ1) is 8.99. The number of amides is 1. The van der Waals surface area contributed by atoms with Crippen molar-refractivity contribution in [3.05, 3.63) is 28.8 Å². The van der Waals surface area contributed by atoms with Crippen LogP contribution in [0.4, 0.5) is 5.69 Å².